The lowest BCUT2D eigenvalue weighted by Crippen LogP contribution is -2.47. The predicted molar refractivity (Wildman–Crippen MR) is 360 cm³/mol. The van der Waals surface area contributed by atoms with Crippen LogP contribution in [0, 0.1) is 0 Å². The number of hydrogen-bond acceptors (Lipinski definition) is 6. The molecule has 0 saturated heterocycles. The number of likely N-dealkylation sites (N-methyl/N-ethyl adjacent to an activating group) is 1. The molecule has 9 nitrogen and oxygen atoms in total. The van der Waals surface area contributed by atoms with Crippen LogP contribution in [0.1, 0.15) is 316 Å². The zero-order valence-corrected chi connectivity index (χ0v) is 56.1. The number of ether oxygens (including phenoxy) is 1. The molecule has 0 aliphatic heterocycles. The van der Waals surface area contributed by atoms with Crippen molar-refractivity contribution in [1.82, 2.24) is 5.32 Å². The highest BCUT2D eigenvalue weighted by Gasteiger charge is 2.30. The van der Waals surface area contributed by atoms with Crippen molar-refractivity contribution >= 4 is 19.7 Å². The van der Waals surface area contributed by atoms with Crippen molar-refractivity contribution in [3.63, 3.8) is 0 Å². The molecular formula is C73H134N2O7P+. The van der Waals surface area contributed by atoms with Gasteiger partial charge in [-0.3, -0.25) is 18.6 Å². The minimum atomic E-state index is -4.47. The van der Waals surface area contributed by atoms with E-state index in [0.717, 1.165) is 77.0 Å². The van der Waals surface area contributed by atoms with Crippen molar-refractivity contribution in [2.75, 3.05) is 40.9 Å². The molecule has 0 rings (SSSR count). The highest BCUT2D eigenvalue weighted by Crippen LogP contribution is 2.43. The molecule has 0 saturated carbocycles. The highest BCUT2D eigenvalue weighted by molar-refractivity contribution is 7.47. The van der Waals surface area contributed by atoms with Gasteiger partial charge in [-0.15, -0.1) is 0 Å². The Balaban J connectivity index is 5.11. The summed E-state index contributed by atoms with van der Waals surface area (Å²) in [7, 11) is 1.46. The number of allylic oxidation sites excluding steroid dienone is 13. The van der Waals surface area contributed by atoms with Crippen LogP contribution in [0.2, 0.25) is 0 Å². The number of carbonyl (C=O) groups is 2. The maximum atomic E-state index is 13.6. The van der Waals surface area contributed by atoms with Crippen LogP contribution < -0.4 is 5.32 Å². The Hall–Kier alpha value is -2.81. The molecule has 0 fully saturated rings. The first-order chi connectivity index (χ1) is 40.4. The van der Waals surface area contributed by atoms with Gasteiger partial charge in [0.2, 0.25) is 5.91 Å². The quantitative estimate of drug-likeness (QED) is 0.0205. The van der Waals surface area contributed by atoms with E-state index >= 15 is 0 Å². The lowest BCUT2D eigenvalue weighted by atomic mass is 10.0. The van der Waals surface area contributed by atoms with E-state index in [-0.39, 0.29) is 37.9 Å². The summed E-state index contributed by atoms with van der Waals surface area (Å²) in [5, 5.41) is 3.03. The fourth-order valence-corrected chi connectivity index (χ4v) is 10.7. The van der Waals surface area contributed by atoms with Gasteiger partial charge in [0.15, 0.2) is 0 Å². The number of nitrogens with zero attached hydrogens (tertiary/aromatic N) is 1. The lowest BCUT2D eigenvalue weighted by molar-refractivity contribution is -0.870. The topological polar surface area (TPSA) is 111 Å². The number of phosphoric acid groups is 1. The third kappa shape index (κ3) is 63.5. The molecule has 0 aromatic carbocycles. The number of rotatable bonds is 63. The summed E-state index contributed by atoms with van der Waals surface area (Å²) in [4.78, 5) is 37.8. The number of quaternary nitrogens is 1. The van der Waals surface area contributed by atoms with Crippen LogP contribution in [-0.4, -0.2) is 74.3 Å². The molecular weight excluding hydrogens is 1050 g/mol. The summed E-state index contributed by atoms with van der Waals surface area (Å²) in [6.07, 6.45) is 83.3. The number of phosphoric ester groups is 1. The number of carbonyl (C=O) groups excluding carboxylic acids is 2. The Kier molecular flexibility index (Phi) is 60.1. The van der Waals surface area contributed by atoms with Gasteiger partial charge in [0.1, 0.15) is 19.3 Å². The monoisotopic (exact) mass is 1180 g/mol. The van der Waals surface area contributed by atoms with E-state index in [1.165, 1.54) is 199 Å². The summed E-state index contributed by atoms with van der Waals surface area (Å²) in [5.74, 6) is -0.566. The van der Waals surface area contributed by atoms with Gasteiger partial charge in [0.05, 0.1) is 33.8 Å². The summed E-state index contributed by atoms with van der Waals surface area (Å²) in [6.45, 7) is 6.88. The molecule has 1 amide bonds. The maximum Gasteiger partial charge on any atom is 0.472 e. The number of hydrogen-bond donors (Lipinski definition) is 2. The Morgan fingerprint density at radius 2 is 0.783 bits per heavy atom. The Labute approximate surface area is 514 Å². The molecule has 3 atom stereocenters. The molecule has 10 heteroatoms. The minimum Gasteiger partial charge on any atom is -0.456 e. The van der Waals surface area contributed by atoms with Gasteiger partial charge in [-0.1, -0.05) is 292 Å². The highest BCUT2D eigenvalue weighted by atomic mass is 31.2. The minimum absolute atomic E-state index is 0.0277. The van der Waals surface area contributed by atoms with Gasteiger partial charge in [-0.25, -0.2) is 4.57 Å². The molecule has 0 bridgehead atoms. The van der Waals surface area contributed by atoms with Crippen molar-refractivity contribution in [2.45, 2.75) is 328 Å². The molecule has 0 spiro atoms. The largest absolute Gasteiger partial charge is 0.472 e. The lowest BCUT2D eigenvalue weighted by Gasteiger charge is -2.27. The standard InChI is InChI=1S/C73H133N2O7P/c1-7-10-13-16-19-22-25-28-30-32-33-34-35-36-37-38-39-40-41-43-45-48-51-54-57-60-63-66-73(77)82-71(64-61-58-55-52-49-46-27-24-21-18-15-12-9-3)70(69-81-83(78,79)80-68-67-75(4,5)6)74-72(76)65-62-59-56-53-50-47-44-42-31-29-26-23-20-17-14-11-8-2/h11,14,20,23,28-31,44,47,53,56,61,64,70-71H,7-10,12-13,15-19,21-22,24-27,32-43,45-46,48-52,54-55,57-60,62-63,65-69H2,1-6H3,(H-,74,76,78,79)/p+1/b14-11-,23-20-,30-28+,31-29-,47-44-,56-53-,64-61-. The summed E-state index contributed by atoms with van der Waals surface area (Å²) in [5.41, 5.74) is 0. The van der Waals surface area contributed by atoms with E-state index in [1.54, 1.807) is 0 Å². The van der Waals surface area contributed by atoms with Gasteiger partial charge in [0, 0.05) is 12.8 Å². The molecule has 2 N–H and O–H groups in total. The first-order valence-electron chi connectivity index (χ1n) is 34.9. The third-order valence-electron chi connectivity index (χ3n) is 15.3. The average Bonchev–Trinajstić information content (AvgIpc) is 3.46. The number of nitrogens with one attached hydrogen (secondary N) is 1. The first-order valence-corrected chi connectivity index (χ1v) is 36.4. The van der Waals surface area contributed by atoms with Gasteiger partial charge >= 0.3 is 13.8 Å². The maximum absolute atomic E-state index is 13.6. The van der Waals surface area contributed by atoms with Crippen LogP contribution in [0.15, 0.2) is 85.1 Å². The van der Waals surface area contributed by atoms with E-state index in [4.69, 9.17) is 13.8 Å². The Morgan fingerprint density at radius 1 is 0.434 bits per heavy atom. The van der Waals surface area contributed by atoms with Gasteiger partial charge < -0.3 is 19.4 Å². The zero-order valence-electron chi connectivity index (χ0n) is 55.2. The normalized spacial score (nSPS) is 14.1. The number of esters is 1. The molecule has 0 aliphatic rings. The van der Waals surface area contributed by atoms with Crippen LogP contribution in [-0.2, 0) is 27.9 Å². The van der Waals surface area contributed by atoms with E-state index in [2.05, 4.69) is 99.0 Å². The third-order valence-corrected chi connectivity index (χ3v) is 16.3. The van der Waals surface area contributed by atoms with Crippen molar-refractivity contribution in [3.05, 3.63) is 85.1 Å². The number of unbranched alkanes of at least 4 members (excludes halogenated alkanes) is 35. The van der Waals surface area contributed by atoms with Crippen LogP contribution >= 0.6 is 7.82 Å². The molecule has 0 aromatic rings. The van der Waals surface area contributed by atoms with Gasteiger partial charge in [-0.2, -0.15) is 0 Å². The molecule has 0 aromatic heterocycles. The average molecular weight is 1180 g/mol. The second-order valence-corrected chi connectivity index (χ2v) is 26.1. The summed E-state index contributed by atoms with van der Waals surface area (Å²) in [6, 6.07) is -0.881. The molecule has 482 valence electrons. The summed E-state index contributed by atoms with van der Waals surface area (Å²) >= 11 is 0. The number of amides is 1. The molecule has 0 aliphatic carbocycles. The van der Waals surface area contributed by atoms with Crippen molar-refractivity contribution < 1.29 is 37.3 Å². The van der Waals surface area contributed by atoms with E-state index in [9.17, 15) is 19.0 Å². The summed E-state index contributed by atoms with van der Waals surface area (Å²) < 4.78 is 30.8. The van der Waals surface area contributed by atoms with Crippen molar-refractivity contribution in [3.8, 4) is 0 Å². The zero-order chi connectivity index (χ0) is 60.7. The fraction of sp³-hybridized carbons (Fsp3) is 0.781. The van der Waals surface area contributed by atoms with Crippen LogP contribution in [0.5, 0.6) is 0 Å². The predicted octanol–water partition coefficient (Wildman–Crippen LogP) is 22.1. The van der Waals surface area contributed by atoms with Crippen LogP contribution in [0.4, 0.5) is 0 Å². The van der Waals surface area contributed by atoms with Gasteiger partial charge in [-0.05, 0) is 96.0 Å². The van der Waals surface area contributed by atoms with E-state index in [0.29, 0.717) is 17.4 Å². The molecule has 3 unspecified atom stereocenters. The fourth-order valence-electron chi connectivity index (χ4n) is 9.97. The second-order valence-electron chi connectivity index (χ2n) is 24.7. The molecule has 83 heavy (non-hydrogen) atoms. The van der Waals surface area contributed by atoms with Crippen molar-refractivity contribution in [2.24, 2.45) is 0 Å². The SMILES string of the molecule is CC/C=C\C/C=C\C/C=C\C/C=C\C/C=C\CCCC(=O)NC(COP(=O)(O)OCC[N+](C)(C)C)C(/C=C\CCCCCCCCCCCCC)OC(=O)CCCCCCCCCCCCCCCCCCC/C=C/CCCCCCCC. The smallest absolute Gasteiger partial charge is 0.456 e. The second kappa shape index (κ2) is 62.2. The first kappa shape index (κ1) is 80.2. The Morgan fingerprint density at radius 3 is 1.19 bits per heavy atom. The van der Waals surface area contributed by atoms with Crippen molar-refractivity contribution in [1.29, 1.82) is 0 Å². The van der Waals surface area contributed by atoms with Crippen LogP contribution in [0.25, 0.3) is 0 Å². The van der Waals surface area contributed by atoms with Gasteiger partial charge in [0.25, 0.3) is 0 Å². The molecule has 0 heterocycles. The Bertz CT molecular complexity index is 1700. The van der Waals surface area contributed by atoms with E-state index < -0.39 is 20.0 Å². The van der Waals surface area contributed by atoms with Crippen LogP contribution in [0.3, 0.4) is 0 Å². The molecule has 0 radical (unpaired) electrons. The van der Waals surface area contributed by atoms with E-state index in [1.807, 2.05) is 33.3 Å².